The van der Waals surface area contributed by atoms with Gasteiger partial charge < -0.3 is 20.1 Å². The highest BCUT2D eigenvalue weighted by molar-refractivity contribution is 5.85. The normalized spacial score (nSPS) is 12.0. The molecule has 0 radical (unpaired) electrons. The fourth-order valence-electron chi connectivity index (χ4n) is 1.92. The Hall–Kier alpha value is -2.57. The molecule has 0 saturated carbocycles. The summed E-state index contributed by atoms with van der Waals surface area (Å²) in [5.74, 6) is -0.220. The number of Topliss-reactive ketones (excluding diaryl/α,β-unsaturated/α-hetero) is 1. The third-order valence-electron chi connectivity index (χ3n) is 3.10. The third-order valence-corrected chi connectivity index (χ3v) is 3.10. The van der Waals surface area contributed by atoms with E-state index in [9.17, 15) is 14.4 Å². The van der Waals surface area contributed by atoms with E-state index in [1.807, 2.05) is 30.3 Å². The number of carbonyl (C=O) groups is 3. The number of ether oxygens (including phenoxy) is 2. The van der Waals surface area contributed by atoms with Crippen LogP contribution in [0.1, 0.15) is 39.7 Å². The second kappa shape index (κ2) is 9.66. The van der Waals surface area contributed by atoms with Gasteiger partial charge in [-0.1, -0.05) is 30.3 Å². The van der Waals surface area contributed by atoms with Crippen LogP contribution in [0.5, 0.6) is 0 Å². The van der Waals surface area contributed by atoms with Crippen LogP contribution in [0, 0.1) is 0 Å². The summed E-state index contributed by atoms with van der Waals surface area (Å²) in [4.78, 5) is 35.0. The zero-order valence-corrected chi connectivity index (χ0v) is 15.1. The maximum atomic E-state index is 11.8. The van der Waals surface area contributed by atoms with Gasteiger partial charge in [0.1, 0.15) is 12.2 Å². The van der Waals surface area contributed by atoms with E-state index in [0.717, 1.165) is 5.56 Å². The fraction of sp³-hybridized carbons (Fsp3) is 0.500. The van der Waals surface area contributed by atoms with Crippen molar-refractivity contribution < 1.29 is 23.9 Å². The molecule has 1 aromatic rings. The lowest BCUT2D eigenvalue weighted by molar-refractivity contribution is -0.119. The first-order chi connectivity index (χ1) is 11.7. The first-order valence-electron chi connectivity index (χ1n) is 8.12. The van der Waals surface area contributed by atoms with E-state index in [0.29, 0.717) is 0 Å². The number of amides is 2. The van der Waals surface area contributed by atoms with Crippen LogP contribution in [-0.2, 0) is 20.9 Å². The number of hydrogen-bond donors (Lipinski definition) is 2. The summed E-state index contributed by atoms with van der Waals surface area (Å²) in [5.41, 5.74) is 0.257. The number of ketones is 1. The molecule has 25 heavy (non-hydrogen) atoms. The van der Waals surface area contributed by atoms with Crippen LogP contribution in [-0.4, -0.2) is 36.2 Å². The molecule has 0 unspecified atom stereocenters. The molecule has 7 heteroatoms. The van der Waals surface area contributed by atoms with Crippen LogP contribution in [0.15, 0.2) is 30.3 Å². The van der Waals surface area contributed by atoms with Crippen LogP contribution in [0.2, 0.25) is 0 Å². The molecule has 0 heterocycles. The molecule has 2 amide bonds. The van der Waals surface area contributed by atoms with Gasteiger partial charge in [0, 0.05) is 6.54 Å². The van der Waals surface area contributed by atoms with Crippen molar-refractivity contribution in [3.63, 3.8) is 0 Å². The van der Waals surface area contributed by atoms with E-state index in [4.69, 9.17) is 9.47 Å². The number of nitrogens with one attached hydrogen (secondary N) is 2. The van der Waals surface area contributed by atoms with Gasteiger partial charge in [-0.15, -0.1) is 0 Å². The van der Waals surface area contributed by atoms with E-state index in [-0.39, 0.29) is 25.4 Å². The zero-order valence-electron chi connectivity index (χ0n) is 15.1. The quantitative estimate of drug-likeness (QED) is 0.789. The maximum absolute atomic E-state index is 11.8. The number of hydrogen-bond acceptors (Lipinski definition) is 5. The van der Waals surface area contributed by atoms with Crippen molar-refractivity contribution in [2.45, 2.75) is 52.4 Å². The predicted octanol–water partition coefficient (Wildman–Crippen LogP) is 2.79. The summed E-state index contributed by atoms with van der Waals surface area (Å²) in [5, 5.41) is 5.06. The van der Waals surface area contributed by atoms with Gasteiger partial charge in [-0.05, 0) is 39.7 Å². The third kappa shape index (κ3) is 9.34. The molecule has 0 spiro atoms. The van der Waals surface area contributed by atoms with Crippen molar-refractivity contribution in [2.24, 2.45) is 0 Å². The van der Waals surface area contributed by atoms with Gasteiger partial charge in [0.15, 0.2) is 5.78 Å². The summed E-state index contributed by atoms with van der Waals surface area (Å²) in [6.45, 7) is 6.96. The Morgan fingerprint density at radius 1 is 1.08 bits per heavy atom. The predicted molar refractivity (Wildman–Crippen MR) is 93.1 cm³/mol. The highest BCUT2D eigenvalue weighted by Gasteiger charge is 2.19. The summed E-state index contributed by atoms with van der Waals surface area (Å²) in [6, 6.07) is 8.49. The van der Waals surface area contributed by atoms with Crippen molar-refractivity contribution in [3.05, 3.63) is 35.9 Å². The maximum Gasteiger partial charge on any atom is 0.408 e. The monoisotopic (exact) mass is 350 g/mol. The molecule has 1 atom stereocenters. The van der Waals surface area contributed by atoms with Crippen molar-refractivity contribution in [1.82, 2.24) is 10.6 Å². The molecule has 0 aromatic heterocycles. The van der Waals surface area contributed by atoms with Crippen LogP contribution >= 0.6 is 0 Å². The molecule has 0 aliphatic heterocycles. The highest BCUT2D eigenvalue weighted by Crippen LogP contribution is 2.06. The first-order valence-corrected chi connectivity index (χ1v) is 8.12. The van der Waals surface area contributed by atoms with Crippen molar-refractivity contribution in [1.29, 1.82) is 0 Å². The van der Waals surface area contributed by atoms with Gasteiger partial charge in [0.05, 0.1) is 6.04 Å². The van der Waals surface area contributed by atoms with Gasteiger partial charge in [0.2, 0.25) is 0 Å². The molecule has 1 aromatic carbocycles. The minimum atomic E-state index is -0.738. The standard InChI is InChI=1S/C18H26N2O5/c1-13(21)15(10-11-19-16(22)25-18(2,3)4)20-17(23)24-12-14-8-6-5-7-9-14/h5-9,15H,10-12H2,1-4H3,(H,19,22)(H,20,23)/t15-/m0/s1. The van der Waals surface area contributed by atoms with E-state index in [1.54, 1.807) is 20.8 Å². The van der Waals surface area contributed by atoms with E-state index in [1.165, 1.54) is 6.92 Å². The van der Waals surface area contributed by atoms with Crippen LogP contribution < -0.4 is 10.6 Å². The van der Waals surface area contributed by atoms with E-state index < -0.39 is 23.8 Å². The topological polar surface area (TPSA) is 93.7 Å². The Balaban J connectivity index is 2.37. The smallest absolute Gasteiger partial charge is 0.408 e. The average molecular weight is 350 g/mol. The molecule has 1 rings (SSSR count). The summed E-state index contributed by atoms with van der Waals surface area (Å²) < 4.78 is 10.2. The van der Waals surface area contributed by atoms with Crippen LogP contribution in [0.25, 0.3) is 0 Å². The van der Waals surface area contributed by atoms with Gasteiger partial charge in [0.25, 0.3) is 0 Å². The largest absolute Gasteiger partial charge is 0.445 e. The van der Waals surface area contributed by atoms with Gasteiger partial charge in [-0.3, -0.25) is 4.79 Å². The Morgan fingerprint density at radius 2 is 1.72 bits per heavy atom. The lowest BCUT2D eigenvalue weighted by Gasteiger charge is -2.20. The minimum absolute atomic E-state index is 0.119. The fourth-order valence-corrected chi connectivity index (χ4v) is 1.92. The Morgan fingerprint density at radius 3 is 2.28 bits per heavy atom. The average Bonchev–Trinajstić information content (AvgIpc) is 2.51. The lowest BCUT2D eigenvalue weighted by atomic mass is 10.1. The molecule has 0 aliphatic rings. The van der Waals surface area contributed by atoms with Gasteiger partial charge >= 0.3 is 12.2 Å². The van der Waals surface area contributed by atoms with Gasteiger partial charge in [-0.2, -0.15) is 0 Å². The highest BCUT2D eigenvalue weighted by atomic mass is 16.6. The summed E-state index contributed by atoms with van der Waals surface area (Å²) >= 11 is 0. The first kappa shape index (κ1) is 20.5. The molecule has 7 nitrogen and oxygen atoms in total. The number of alkyl carbamates (subject to hydrolysis) is 2. The summed E-state index contributed by atoms with van der Waals surface area (Å²) in [7, 11) is 0. The van der Waals surface area contributed by atoms with E-state index >= 15 is 0 Å². The Kier molecular flexibility index (Phi) is 7.91. The molecule has 0 fully saturated rings. The van der Waals surface area contributed by atoms with Crippen molar-refractivity contribution in [3.8, 4) is 0 Å². The molecule has 0 bridgehead atoms. The van der Waals surface area contributed by atoms with E-state index in [2.05, 4.69) is 10.6 Å². The molecular formula is C18H26N2O5. The number of rotatable bonds is 7. The Labute approximate surface area is 148 Å². The molecule has 0 saturated heterocycles. The second-order valence-corrected chi connectivity index (χ2v) is 6.59. The van der Waals surface area contributed by atoms with Crippen LogP contribution in [0.4, 0.5) is 9.59 Å². The minimum Gasteiger partial charge on any atom is -0.445 e. The second-order valence-electron chi connectivity index (χ2n) is 6.59. The van der Waals surface area contributed by atoms with Gasteiger partial charge in [-0.25, -0.2) is 9.59 Å². The molecule has 2 N–H and O–H groups in total. The number of carbonyl (C=O) groups excluding carboxylic acids is 3. The lowest BCUT2D eigenvalue weighted by Crippen LogP contribution is -2.43. The molecular weight excluding hydrogens is 324 g/mol. The van der Waals surface area contributed by atoms with Crippen LogP contribution in [0.3, 0.4) is 0 Å². The SMILES string of the molecule is CC(=O)[C@H](CCNC(=O)OC(C)(C)C)NC(=O)OCc1ccccc1. The number of benzene rings is 1. The Bertz CT molecular complexity index is 581. The molecule has 138 valence electrons. The van der Waals surface area contributed by atoms with Crippen molar-refractivity contribution >= 4 is 18.0 Å². The zero-order chi connectivity index (χ0) is 18.9. The molecule has 0 aliphatic carbocycles. The summed E-state index contributed by atoms with van der Waals surface area (Å²) in [6.07, 6.45) is -1.00. The van der Waals surface area contributed by atoms with Crippen molar-refractivity contribution in [2.75, 3.05) is 6.54 Å².